The van der Waals surface area contributed by atoms with Crippen LogP contribution in [0.4, 0.5) is 11.4 Å². The van der Waals surface area contributed by atoms with E-state index in [1.54, 1.807) is 41.7 Å². The molecule has 1 aromatic heterocycles. The number of hydrogen-bond acceptors (Lipinski definition) is 5. The minimum Gasteiger partial charge on any atom is -0.397 e. The standard InChI is InChI=1S/C18H15N2O3PS/c19-15-8-7-14(17-2-1-9-25-17)10-16(15)20-18(21)13-5-3-12(4-6-13)11-23-24-22/h1-10,24H,11,19H2/p+1. The Morgan fingerprint density at radius 2 is 1.96 bits per heavy atom. The molecule has 0 saturated carbocycles. The summed E-state index contributed by atoms with van der Waals surface area (Å²) in [6.07, 6.45) is 0. The SMILES string of the molecule is Nc1ccc(-c2cccs2)cc1NC(=O)c1ccc(CO[PH+]=O)cc1. The van der Waals surface area contributed by atoms with Gasteiger partial charge in [-0.3, -0.25) is 4.79 Å². The maximum absolute atomic E-state index is 12.4. The third kappa shape index (κ3) is 4.31. The predicted octanol–water partition coefficient (Wildman–Crippen LogP) is 4.71. The lowest BCUT2D eigenvalue weighted by atomic mass is 10.1. The highest BCUT2D eigenvalue weighted by Crippen LogP contribution is 2.30. The van der Waals surface area contributed by atoms with Gasteiger partial charge in [-0.15, -0.1) is 15.9 Å². The Bertz CT molecular complexity index is 880. The second kappa shape index (κ2) is 8.03. The quantitative estimate of drug-likeness (QED) is 0.486. The molecule has 2 aromatic carbocycles. The van der Waals surface area contributed by atoms with Crippen LogP contribution in [0.5, 0.6) is 0 Å². The first kappa shape index (κ1) is 17.3. The first-order valence-corrected chi connectivity index (χ1v) is 9.19. The van der Waals surface area contributed by atoms with Crippen molar-refractivity contribution in [3.63, 3.8) is 0 Å². The third-order valence-corrected chi connectivity index (χ3v) is 4.80. The monoisotopic (exact) mass is 371 g/mol. The number of carbonyl (C=O) groups excluding carboxylic acids is 1. The van der Waals surface area contributed by atoms with Gasteiger partial charge in [0.15, 0.2) is 0 Å². The molecule has 1 heterocycles. The van der Waals surface area contributed by atoms with Crippen molar-refractivity contribution in [3.8, 4) is 10.4 Å². The van der Waals surface area contributed by atoms with Crippen molar-refractivity contribution < 1.29 is 13.9 Å². The first-order valence-electron chi connectivity index (χ1n) is 7.50. The second-order valence-electron chi connectivity index (χ2n) is 5.30. The number of nitrogens with two attached hydrogens (primary N) is 1. The van der Waals surface area contributed by atoms with Crippen molar-refractivity contribution in [2.45, 2.75) is 6.61 Å². The number of benzene rings is 2. The molecule has 7 heteroatoms. The molecule has 3 N–H and O–H groups in total. The third-order valence-electron chi connectivity index (χ3n) is 3.62. The van der Waals surface area contributed by atoms with E-state index in [2.05, 4.69) is 5.32 Å². The molecule has 25 heavy (non-hydrogen) atoms. The number of amides is 1. The van der Waals surface area contributed by atoms with Crippen molar-refractivity contribution in [3.05, 3.63) is 71.1 Å². The summed E-state index contributed by atoms with van der Waals surface area (Å²) in [7, 11) is -0.798. The van der Waals surface area contributed by atoms with Gasteiger partial charge in [0.25, 0.3) is 5.91 Å². The fourth-order valence-corrected chi connectivity index (χ4v) is 3.27. The fourth-order valence-electron chi connectivity index (χ4n) is 2.32. The molecule has 5 nitrogen and oxygen atoms in total. The molecule has 0 aliphatic heterocycles. The molecule has 3 aromatic rings. The second-order valence-corrected chi connectivity index (χ2v) is 6.71. The number of nitrogen functional groups attached to an aromatic ring is 1. The van der Waals surface area contributed by atoms with Crippen LogP contribution >= 0.6 is 20.0 Å². The maximum Gasteiger partial charge on any atom is 0.494 e. The fraction of sp³-hybridized carbons (Fsp3) is 0.0556. The van der Waals surface area contributed by atoms with Crippen LogP contribution in [0.1, 0.15) is 15.9 Å². The lowest BCUT2D eigenvalue weighted by molar-refractivity contribution is 0.102. The molecule has 1 unspecified atom stereocenters. The zero-order chi connectivity index (χ0) is 17.6. The predicted molar refractivity (Wildman–Crippen MR) is 102 cm³/mol. The molecule has 0 aliphatic rings. The van der Waals surface area contributed by atoms with Gasteiger partial charge in [-0.25, -0.2) is 0 Å². The average Bonchev–Trinajstić information content (AvgIpc) is 3.17. The topological polar surface area (TPSA) is 81.4 Å². The van der Waals surface area contributed by atoms with E-state index in [0.717, 1.165) is 16.0 Å². The van der Waals surface area contributed by atoms with Gasteiger partial charge in [0.05, 0.1) is 11.4 Å². The van der Waals surface area contributed by atoms with E-state index in [1.807, 2.05) is 29.6 Å². The van der Waals surface area contributed by atoms with E-state index in [4.69, 9.17) is 10.3 Å². The summed E-state index contributed by atoms with van der Waals surface area (Å²) in [5, 5.41) is 4.85. The number of thiophene rings is 1. The summed E-state index contributed by atoms with van der Waals surface area (Å²) in [5.41, 5.74) is 9.44. The zero-order valence-electron chi connectivity index (χ0n) is 13.2. The molecule has 126 valence electrons. The van der Waals surface area contributed by atoms with E-state index in [9.17, 15) is 9.36 Å². The largest absolute Gasteiger partial charge is 0.494 e. The van der Waals surface area contributed by atoms with Crippen molar-refractivity contribution in [1.29, 1.82) is 0 Å². The number of hydrogen-bond donors (Lipinski definition) is 2. The van der Waals surface area contributed by atoms with Gasteiger partial charge >= 0.3 is 8.69 Å². The molecular weight excluding hydrogens is 355 g/mol. The van der Waals surface area contributed by atoms with Crippen LogP contribution in [0, 0.1) is 0 Å². The average molecular weight is 371 g/mol. The highest BCUT2D eigenvalue weighted by Gasteiger charge is 2.10. The zero-order valence-corrected chi connectivity index (χ0v) is 15.0. The van der Waals surface area contributed by atoms with Crippen molar-refractivity contribution >= 4 is 37.3 Å². The number of anilines is 2. The van der Waals surface area contributed by atoms with Gasteiger partial charge in [0, 0.05) is 10.4 Å². The van der Waals surface area contributed by atoms with Crippen molar-refractivity contribution in [2.24, 2.45) is 0 Å². The number of nitrogens with one attached hydrogen (secondary N) is 1. The smallest absolute Gasteiger partial charge is 0.397 e. The van der Waals surface area contributed by atoms with E-state index in [0.29, 0.717) is 16.9 Å². The van der Waals surface area contributed by atoms with Crippen molar-refractivity contribution in [1.82, 2.24) is 0 Å². The van der Waals surface area contributed by atoms with Crippen LogP contribution in [0.25, 0.3) is 10.4 Å². The summed E-state index contributed by atoms with van der Waals surface area (Å²) in [6, 6.07) is 16.5. The van der Waals surface area contributed by atoms with Crippen LogP contribution in [-0.2, 0) is 15.7 Å². The number of carbonyl (C=O) groups is 1. The Labute approximate surface area is 150 Å². The van der Waals surface area contributed by atoms with Crippen LogP contribution in [-0.4, -0.2) is 5.91 Å². The normalized spacial score (nSPS) is 10.7. The maximum atomic E-state index is 12.4. The number of rotatable bonds is 6. The summed E-state index contributed by atoms with van der Waals surface area (Å²) < 4.78 is 15.2. The summed E-state index contributed by atoms with van der Waals surface area (Å²) in [4.78, 5) is 13.6. The minimum absolute atomic E-state index is 0.242. The van der Waals surface area contributed by atoms with Crippen LogP contribution in [0.3, 0.4) is 0 Å². The summed E-state index contributed by atoms with van der Waals surface area (Å²) >= 11 is 1.63. The molecule has 0 radical (unpaired) electrons. The van der Waals surface area contributed by atoms with E-state index in [1.165, 1.54) is 0 Å². The van der Waals surface area contributed by atoms with Gasteiger partial charge < -0.3 is 11.1 Å². The molecule has 0 saturated heterocycles. The lowest BCUT2D eigenvalue weighted by Crippen LogP contribution is -2.13. The van der Waals surface area contributed by atoms with Crippen LogP contribution < -0.4 is 11.1 Å². The van der Waals surface area contributed by atoms with Crippen LogP contribution in [0.15, 0.2) is 60.0 Å². The van der Waals surface area contributed by atoms with Crippen LogP contribution in [0.2, 0.25) is 0 Å². The van der Waals surface area contributed by atoms with E-state index in [-0.39, 0.29) is 12.5 Å². The summed E-state index contributed by atoms with van der Waals surface area (Å²) in [5.74, 6) is -0.242. The Hall–Kier alpha value is -2.53. The molecule has 0 bridgehead atoms. The Morgan fingerprint density at radius 1 is 1.16 bits per heavy atom. The van der Waals surface area contributed by atoms with Gasteiger partial charge in [-0.05, 0) is 51.4 Å². The Kier molecular flexibility index (Phi) is 5.56. The first-order chi connectivity index (χ1) is 12.2. The van der Waals surface area contributed by atoms with E-state index >= 15 is 0 Å². The molecule has 1 amide bonds. The minimum atomic E-state index is -0.798. The molecule has 0 aliphatic carbocycles. The molecule has 0 fully saturated rings. The lowest BCUT2D eigenvalue weighted by Gasteiger charge is -2.10. The Balaban J connectivity index is 1.76. The van der Waals surface area contributed by atoms with Gasteiger partial charge in [-0.1, -0.05) is 24.3 Å². The molecule has 3 rings (SSSR count). The molecule has 0 spiro atoms. The summed E-state index contributed by atoms with van der Waals surface area (Å²) in [6.45, 7) is 0.250. The Morgan fingerprint density at radius 3 is 2.64 bits per heavy atom. The highest BCUT2D eigenvalue weighted by molar-refractivity contribution is 7.17. The highest BCUT2D eigenvalue weighted by atomic mass is 32.1. The van der Waals surface area contributed by atoms with Gasteiger partial charge in [-0.2, -0.15) is 0 Å². The van der Waals surface area contributed by atoms with Gasteiger partial charge in [0.1, 0.15) is 6.61 Å². The van der Waals surface area contributed by atoms with Gasteiger partial charge in [0.2, 0.25) is 0 Å². The molecular formula is C18H16N2O3PS+. The van der Waals surface area contributed by atoms with E-state index < -0.39 is 8.69 Å². The molecule has 1 atom stereocenters. The van der Waals surface area contributed by atoms with Crippen molar-refractivity contribution in [2.75, 3.05) is 11.1 Å².